The summed E-state index contributed by atoms with van der Waals surface area (Å²) in [6, 6.07) is 20.3. The Morgan fingerprint density at radius 3 is 2.21 bits per heavy atom. The maximum Gasteiger partial charge on any atom is 0.0951 e. The molecule has 0 saturated carbocycles. The van der Waals surface area contributed by atoms with Crippen LogP contribution in [0.2, 0.25) is 0 Å². The van der Waals surface area contributed by atoms with Gasteiger partial charge in [0, 0.05) is 6.54 Å². The van der Waals surface area contributed by atoms with Crippen molar-refractivity contribution in [3.05, 3.63) is 77.9 Å². The number of benzene rings is 2. The second-order valence-corrected chi connectivity index (χ2v) is 4.28. The van der Waals surface area contributed by atoms with Crippen LogP contribution in [0.15, 0.2) is 66.7 Å². The lowest BCUT2D eigenvalue weighted by atomic mass is 10.1. The molecule has 1 unspecified atom stereocenters. The molecule has 0 radical (unpaired) electrons. The van der Waals surface area contributed by atoms with E-state index in [0.29, 0.717) is 13.2 Å². The second kappa shape index (κ2) is 7.52. The smallest absolute Gasteiger partial charge is 0.0951 e. The van der Waals surface area contributed by atoms with Gasteiger partial charge in [0.15, 0.2) is 0 Å². The molecular formula is C17H19NO. The number of hydrogen-bond acceptors (Lipinski definition) is 2. The summed E-state index contributed by atoms with van der Waals surface area (Å²) in [5.41, 5.74) is 8.05. The van der Waals surface area contributed by atoms with E-state index in [1.54, 1.807) is 0 Å². The van der Waals surface area contributed by atoms with E-state index >= 15 is 0 Å². The van der Waals surface area contributed by atoms with Gasteiger partial charge < -0.3 is 10.5 Å². The minimum absolute atomic E-state index is 0.0402. The van der Waals surface area contributed by atoms with Gasteiger partial charge in [-0.3, -0.25) is 0 Å². The number of rotatable bonds is 6. The van der Waals surface area contributed by atoms with Crippen molar-refractivity contribution >= 4 is 6.08 Å². The highest BCUT2D eigenvalue weighted by molar-refractivity contribution is 5.48. The molecule has 0 aliphatic heterocycles. The monoisotopic (exact) mass is 253 g/mol. The van der Waals surface area contributed by atoms with Crippen LogP contribution in [0.5, 0.6) is 0 Å². The lowest BCUT2D eigenvalue weighted by Gasteiger charge is -2.14. The van der Waals surface area contributed by atoms with E-state index in [1.165, 1.54) is 5.56 Å². The molecule has 0 aliphatic carbocycles. The number of ether oxygens (including phenoxy) is 1. The van der Waals surface area contributed by atoms with Gasteiger partial charge in [-0.25, -0.2) is 0 Å². The Labute approximate surface area is 114 Å². The first-order valence-electron chi connectivity index (χ1n) is 6.48. The zero-order chi connectivity index (χ0) is 13.3. The van der Waals surface area contributed by atoms with E-state index in [1.807, 2.05) is 54.6 Å². The van der Waals surface area contributed by atoms with Crippen LogP contribution in [0.25, 0.3) is 6.08 Å². The number of nitrogens with two attached hydrogens (primary N) is 1. The molecule has 0 heterocycles. The largest absolute Gasteiger partial charge is 0.368 e. The average Bonchev–Trinajstić information content (AvgIpc) is 2.49. The van der Waals surface area contributed by atoms with Gasteiger partial charge >= 0.3 is 0 Å². The minimum Gasteiger partial charge on any atom is -0.368 e. The molecule has 2 N–H and O–H groups in total. The third-order valence-corrected chi connectivity index (χ3v) is 2.89. The Balaban J connectivity index is 1.86. The molecule has 0 spiro atoms. The summed E-state index contributed by atoms with van der Waals surface area (Å²) < 4.78 is 5.79. The van der Waals surface area contributed by atoms with Gasteiger partial charge in [-0.2, -0.15) is 0 Å². The van der Waals surface area contributed by atoms with Crippen molar-refractivity contribution in [3.8, 4) is 0 Å². The highest BCUT2D eigenvalue weighted by atomic mass is 16.5. The van der Waals surface area contributed by atoms with Crippen molar-refractivity contribution in [2.24, 2.45) is 5.73 Å². The molecule has 19 heavy (non-hydrogen) atoms. The zero-order valence-corrected chi connectivity index (χ0v) is 10.9. The lowest BCUT2D eigenvalue weighted by molar-refractivity contribution is 0.0810. The van der Waals surface area contributed by atoms with Gasteiger partial charge in [-0.05, 0) is 11.1 Å². The first-order valence-corrected chi connectivity index (χ1v) is 6.48. The van der Waals surface area contributed by atoms with E-state index in [-0.39, 0.29) is 6.10 Å². The first kappa shape index (κ1) is 13.5. The molecule has 2 aromatic carbocycles. The van der Waals surface area contributed by atoms with Gasteiger partial charge in [0.25, 0.3) is 0 Å². The Bertz CT molecular complexity index is 493. The van der Waals surface area contributed by atoms with Gasteiger partial charge in [0.1, 0.15) is 0 Å². The molecular weight excluding hydrogens is 234 g/mol. The standard InChI is InChI=1S/C17H19NO/c18-14-17(16-11-5-2-6-12-16)19-13-7-10-15-8-3-1-4-9-15/h1-12,17H,13-14,18H2. The summed E-state index contributed by atoms with van der Waals surface area (Å²) in [6.07, 6.45) is 4.03. The van der Waals surface area contributed by atoms with Crippen molar-refractivity contribution in [2.45, 2.75) is 6.10 Å². The summed E-state index contributed by atoms with van der Waals surface area (Å²) in [6.45, 7) is 1.05. The maximum absolute atomic E-state index is 5.79. The third-order valence-electron chi connectivity index (χ3n) is 2.89. The quantitative estimate of drug-likeness (QED) is 0.856. The third kappa shape index (κ3) is 4.36. The summed E-state index contributed by atoms with van der Waals surface area (Å²) >= 11 is 0. The van der Waals surface area contributed by atoms with Crippen molar-refractivity contribution in [2.75, 3.05) is 13.2 Å². The van der Waals surface area contributed by atoms with Crippen LogP contribution in [0, 0.1) is 0 Å². The Morgan fingerprint density at radius 1 is 0.947 bits per heavy atom. The topological polar surface area (TPSA) is 35.2 Å². The summed E-state index contributed by atoms with van der Waals surface area (Å²) in [5.74, 6) is 0. The second-order valence-electron chi connectivity index (χ2n) is 4.28. The normalized spacial score (nSPS) is 12.7. The fourth-order valence-corrected chi connectivity index (χ4v) is 1.89. The van der Waals surface area contributed by atoms with Crippen molar-refractivity contribution in [1.29, 1.82) is 0 Å². The van der Waals surface area contributed by atoms with Crippen LogP contribution in [0.1, 0.15) is 17.2 Å². The highest BCUT2D eigenvalue weighted by Gasteiger charge is 2.07. The molecule has 0 saturated heterocycles. The van der Waals surface area contributed by atoms with Crippen LogP contribution >= 0.6 is 0 Å². The molecule has 1 atom stereocenters. The zero-order valence-electron chi connectivity index (χ0n) is 10.9. The molecule has 2 heteroatoms. The summed E-state index contributed by atoms with van der Waals surface area (Å²) in [4.78, 5) is 0. The van der Waals surface area contributed by atoms with Gasteiger partial charge in [-0.1, -0.05) is 72.8 Å². The van der Waals surface area contributed by atoms with E-state index in [9.17, 15) is 0 Å². The Morgan fingerprint density at radius 2 is 1.58 bits per heavy atom. The van der Waals surface area contributed by atoms with Gasteiger partial charge in [0.05, 0.1) is 12.7 Å². The van der Waals surface area contributed by atoms with Crippen LogP contribution in [0.3, 0.4) is 0 Å². The van der Waals surface area contributed by atoms with Crippen LogP contribution in [-0.4, -0.2) is 13.2 Å². The van der Waals surface area contributed by atoms with Gasteiger partial charge in [-0.15, -0.1) is 0 Å². The fourth-order valence-electron chi connectivity index (χ4n) is 1.89. The van der Waals surface area contributed by atoms with Crippen LogP contribution in [-0.2, 0) is 4.74 Å². The van der Waals surface area contributed by atoms with E-state index in [4.69, 9.17) is 10.5 Å². The van der Waals surface area contributed by atoms with E-state index < -0.39 is 0 Å². The molecule has 2 aromatic rings. The summed E-state index contributed by atoms with van der Waals surface area (Å²) in [7, 11) is 0. The average molecular weight is 253 g/mol. The van der Waals surface area contributed by atoms with E-state index in [2.05, 4.69) is 18.2 Å². The predicted molar refractivity (Wildman–Crippen MR) is 79.7 cm³/mol. The molecule has 0 bridgehead atoms. The Hall–Kier alpha value is -1.90. The van der Waals surface area contributed by atoms with Crippen molar-refractivity contribution in [1.82, 2.24) is 0 Å². The first-order chi connectivity index (χ1) is 9.40. The lowest BCUT2D eigenvalue weighted by Crippen LogP contribution is -2.15. The minimum atomic E-state index is -0.0402. The summed E-state index contributed by atoms with van der Waals surface area (Å²) in [5, 5.41) is 0. The highest BCUT2D eigenvalue weighted by Crippen LogP contribution is 2.15. The maximum atomic E-state index is 5.79. The molecule has 2 rings (SSSR count). The molecule has 0 aromatic heterocycles. The van der Waals surface area contributed by atoms with Crippen LogP contribution < -0.4 is 5.73 Å². The van der Waals surface area contributed by atoms with Crippen LogP contribution in [0.4, 0.5) is 0 Å². The van der Waals surface area contributed by atoms with Crippen molar-refractivity contribution < 1.29 is 4.74 Å². The van der Waals surface area contributed by atoms with Gasteiger partial charge in [0.2, 0.25) is 0 Å². The molecule has 0 aliphatic rings. The van der Waals surface area contributed by atoms with E-state index in [0.717, 1.165) is 5.56 Å². The number of hydrogen-bond donors (Lipinski definition) is 1. The molecule has 98 valence electrons. The molecule has 0 fully saturated rings. The SMILES string of the molecule is NCC(OCC=Cc1ccccc1)c1ccccc1. The van der Waals surface area contributed by atoms with Crippen molar-refractivity contribution in [3.63, 3.8) is 0 Å². The molecule has 0 amide bonds. The predicted octanol–water partition coefficient (Wildman–Crippen LogP) is 3.42. The Kier molecular flexibility index (Phi) is 5.35. The molecule has 2 nitrogen and oxygen atoms in total. The fraction of sp³-hybridized carbons (Fsp3) is 0.176.